The molecular weight excluding hydrogens is 302 g/mol. The van der Waals surface area contributed by atoms with E-state index in [1.807, 2.05) is 60.7 Å². The maximum atomic E-state index is 13.0. The molecule has 4 rings (SSSR count). The first kappa shape index (κ1) is 14.9. The molecule has 1 saturated carbocycles. The van der Waals surface area contributed by atoms with Crippen molar-refractivity contribution in [2.45, 2.75) is 24.8 Å². The van der Waals surface area contributed by atoms with Crippen LogP contribution in [0.15, 0.2) is 60.7 Å². The zero-order valence-electron chi connectivity index (χ0n) is 13.5. The summed E-state index contributed by atoms with van der Waals surface area (Å²) in [6.07, 6.45) is 0.234. The predicted octanol–water partition coefficient (Wildman–Crippen LogP) is 3.68. The van der Waals surface area contributed by atoms with Crippen molar-refractivity contribution in [3.05, 3.63) is 71.8 Å². The minimum atomic E-state index is -0.531. The van der Waals surface area contributed by atoms with E-state index in [0.29, 0.717) is 0 Å². The number of nitrogens with zero attached hydrogens (tertiary/aromatic N) is 1. The molecule has 1 heterocycles. The van der Waals surface area contributed by atoms with Crippen LogP contribution in [-0.2, 0) is 14.9 Å². The van der Waals surface area contributed by atoms with Crippen LogP contribution in [0.5, 0.6) is 0 Å². The van der Waals surface area contributed by atoms with Crippen LogP contribution in [0.3, 0.4) is 0 Å². The Bertz CT molecular complexity index is 774. The lowest BCUT2D eigenvalue weighted by Crippen LogP contribution is -2.36. The monoisotopic (exact) mass is 321 g/mol. The number of amides is 2. The van der Waals surface area contributed by atoms with Gasteiger partial charge in [-0.15, -0.1) is 0 Å². The van der Waals surface area contributed by atoms with E-state index in [0.717, 1.165) is 17.5 Å². The molecule has 4 heteroatoms. The zero-order valence-corrected chi connectivity index (χ0v) is 13.5. The van der Waals surface area contributed by atoms with E-state index >= 15 is 0 Å². The average molecular weight is 321 g/mol. The van der Waals surface area contributed by atoms with Gasteiger partial charge in [0.05, 0.1) is 0 Å². The summed E-state index contributed by atoms with van der Waals surface area (Å²) in [5.74, 6) is -0.297. The molecule has 24 heavy (non-hydrogen) atoms. The number of hydrogen-bond acceptors (Lipinski definition) is 3. The lowest BCUT2D eigenvalue weighted by atomic mass is 9.95. The quantitative estimate of drug-likeness (QED) is 0.866. The first-order valence-electron chi connectivity index (χ1n) is 8.21. The molecule has 4 nitrogen and oxygen atoms in total. The number of rotatable bonds is 3. The second-order valence-corrected chi connectivity index (χ2v) is 6.75. The lowest BCUT2D eigenvalue weighted by Gasteiger charge is -2.21. The van der Waals surface area contributed by atoms with Gasteiger partial charge < -0.3 is 4.74 Å². The number of ether oxygens (including phenoxy) is 1. The Hall–Kier alpha value is -2.62. The van der Waals surface area contributed by atoms with Gasteiger partial charge in [0.25, 0.3) is 0 Å². The summed E-state index contributed by atoms with van der Waals surface area (Å²) in [5.41, 5.74) is 1.88. The fraction of sp³-hybridized carbons (Fsp3) is 0.300. The van der Waals surface area contributed by atoms with Gasteiger partial charge >= 0.3 is 6.09 Å². The number of carbonyl (C=O) groups excluding carboxylic acids is 2. The van der Waals surface area contributed by atoms with Crippen molar-refractivity contribution in [3.8, 4) is 0 Å². The minimum Gasteiger partial charge on any atom is -0.446 e. The first-order chi connectivity index (χ1) is 11.6. The average Bonchev–Trinajstić information content (AvgIpc) is 3.18. The molecule has 2 amide bonds. The van der Waals surface area contributed by atoms with Gasteiger partial charge in [0, 0.05) is 11.3 Å². The van der Waals surface area contributed by atoms with E-state index < -0.39 is 6.09 Å². The van der Waals surface area contributed by atoms with Crippen LogP contribution >= 0.6 is 0 Å². The highest BCUT2D eigenvalue weighted by molar-refractivity contribution is 5.97. The van der Waals surface area contributed by atoms with E-state index in [-0.39, 0.29) is 29.9 Å². The SMILES string of the molecule is C[C@]1(c2ccccc2)C[C@@H]1C(=O)N1C(=O)OCC1c1ccccc1. The minimum absolute atomic E-state index is 0.127. The van der Waals surface area contributed by atoms with Crippen molar-refractivity contribution in [1.29, 1.82) is 0 Å². The third-order valence-electron chi connectivity index (χ3n) is 5.26. The second kappa shape index (κ2) is 5.48. The van der Waals surface area contributed by atoms with Crippen molar-refractivity contribution in [2.75, 3.05) is 6.61 Å². The Morgan fingerprint density at radius 2 is 1.71 bits per heavy atom. The van der Waals surface area contributed by atoms with Crippen LogP contribution in [0.2, 0.25) is 0 Å². The zero-order chi connectivity index (χ0) is 16.7. The molecule has 2 aliphatic rings. The molecule has 0 aromatic heterocycles. The number of benzene rings is 2. The molecule has 2 fully saturated rings. The molecule has 0 spiro atoms. The highest BCUT2D eigenvalue weighted by atomic mass is 16.6. The maximum absolute atomic E-state index is 13.0. The summed E-state index contributed by atoms with van der Waals surface area (Å²) in [7, 11) is 0. The van der Waals surface area contributed by atoms with Crippen molar-refractivity contribution >= 4 is 12.0 Å². The second-order valence-electron chi connectivity index (χ2n) is 6.75. The molecule has 0 bridgehead atoms. The van der Waals surface area contributed by atoms with E-state index in [1.165, 1.54) is 4.90 Å². The van der Waals surface area contributed by atoms with Crippen molar-refractivity contribution in [3.63, 3.8) is 0 Å². The fourth-order valence-corrected chi connectivity index (χ4v) is 3.62. The van der Waals surface area contributed by atoms with Crippen LogP contribution in [0.25, 0.3) is 0 Å². The van der Waals surface area contributed by atoms with Crippen LogP contribution < -0.4 is 0 Å². The number of imide groups is 1. The highest BCUT2D eigenvalue weighted by Gasteiger charge is 2.59. The highest BCUT2D eigenvalue weighted by Crippen LogP contribution is 2.55. The van der Waals surface area contributed by atoms with E-state index in [4.69, 9.17) is 4.74 Å². The topological polar surface area (TPSA) is 46.6 Å². The van der Waals surface area contributed by atoms with Crippen LogP contribution in [0.4, 0.5) is 4.79 Å². The van der Waals surface area contributed by atoms with Crippen LogP contribution in [-0.4, -0.2) is 23.5 Å². The van der Waals surface area contributed by atoms with Gasteiger partial charge in [0.1, 0.15) is 12.6 Å². The Balaban J connectivity index is 1.59. The van der Waals surface area contributed by atoms with Crippen molar-refractivity contribution < 1.29 is 14.3 Å². The third kappa shape index (κ3) is 2.30. The molecule has 122 valence electrons. The van der Waals surface area contributed by atoms with Crippen LogP contribution in [0, 0.1) is 5.92 Å². The molecule has 1 unspecified atom stereocenters. The van der Waals surface area contributed by atoms with Gasteiger partial charge in [-0.1, -0.05) is 67.6 Å². The molecule has 0 radical (unpaired) electrons. The number of carbonyl (C=O) groups is 2. The summed E-state index contributed by atoms with van der Waals surface area (Å²) in [6, 6.07) is 19.3. The largest absolute Gasteiger partial charge is 0.446 e. The molecule has 1 saturated heterocycles. The summed E-state index contributed by atoms with van der Waals surface area (Å²) >= 11 is 0. The number of hydrogen-bond donors (Lipinski definition) is 0. The third-order valence-corrected chi connectivity index (χ3v) is 5.26. The van der Waals surface area contributed by atoms with Crippen molar-refractivity contribution in [2.24, 2.45) is 5.92 Å². The molecule has 1 aliphatic heterocycles. The van der Waals surface area contributed by atoms with Gasteiger partial charge in [-0.25, -0.2) is 9.69 Å². The predicted molar refractivity (Wildman–Crippen MR) is 89.3 cm³/mol. The smallest absolute Gasteiger partial charge is 0.417 e. The van der Waals surface area contributed by atoms with Crippen molar-refractivity contribution in [1.82, 2.24) is 4.90 Å². The van der Waals surface area contributed by atoms with Gasteiger partial charge in [-0.3, -0.25) is 4.79 Å². The lowest BCUT2D eigenvalue weighted by molar-refractivity contribution is -0.131. The van der Waals surface area contributed by atoms with E-state index in [1.54, 1.807) is 0 Å². The molecule has 1 aliphatic carbocycles. The summed E-state index contributed by atoms with van der Waals surface area (Å²) in [5, 5.41) is 0. The molecule has 0 N–H and O–H groups in total. The molecule has 3 atom stereocenters. The first-order valence-corrected chi connectivity index (χ1v) is 8.21. The summed E-state index contributed by atoms with van der Waals surface area (Å²) in [4.78, 5) is 26.5. The van der Waals surface area contributed by atoms with Crippen LogP contribution in [0.1, 0.15) is 30.5 Å². The Morgan fingerprint density at radius 3 is 2.38 bits per heavy atom. The molecular formula is C20H19NO3. The Kier molecular flexibility index (Phi) is 3.41. The van der Waals surface area contributed by atoms with Gasteiger partial charge in [0.15, 0.2) is 0 Å². The molecule has 2 aromatic rings. The Morgan fingerprint density at radius 1 is 1.08 bits per heavy atom. The maximum Gasteiger partial charge on any atom is 0.417 e. The summed E-state index contributed by atoms with van der Waals surface area (Å²) < 4.78 is 5.17. The van der Waals surface area contributed by atoms with E-state index in [2.05, 4.69) is 6.92 Å². The fourth-order valence-electron chi connectivity index (χ4n) is 3.62. The van der Waals surface area contributed by atoms with E-state index in [9.17, 15) is 9.59 Å². The molecule has 2 aromatic carbocycles. The van der Waals surface area contributed by atoms with Gasteiger partial charge in [-0.2, -0.15) is 0 Å². The summed E-state index contributed by atoms with van der Waals surface area (Å²) in [6.45, 7) is 2.31. The normalized spacial score (nSPS) is 28.5. The Labute approximate surface area is 141 Å². The van der Waals surface area contributed by atoms with Gasteiger partial charge in [-0.05, 0) is 17.5 Å². The van der Waals surface area contributed by atoms with Gasteiger partial charge in [0.2, 0.25) is 5.91 Å². The standard InChI is InChI=1S/C20H19NO3/c1-20(15-10-6-3-7-11-15)12-16(20)18(22)21-17(13-24-19(21)23)14-8-4-2-5-9-14/h2-11,16-17H,12-13H2,1H3/t16-,17?,20-/m1/s1. The number of cyclic esters (lactones) is 1.